The maximum atomic E-state index is 9.43. The highest BCUT2D eigenvalue weighted by atomic mass is 16.3. The van der Waals surface area contributed by atoms with Crippen molar-refractivity contribution in [2.75, 3.05) is 13.6 Å². The second-order valence-corrected chi connectivity index (χ2v) is 2.99. The molecule has 0 spiro atoms. The summed E-state index contributed by atoms with van der Waals surface area (Å²) in [5.41, 5.74) is 2.21. The van der Waals surface area contributed by atoms with E-state index in [1.165, 1.54) is 5.56 Å². The van der Waals surface area contributed by atoms with Crippen LogP contribution in [-0.2, 0) is 6.42 Å². The van der Waals surface area contributed by atoms with Gasteiger partial charge in [-0.2, -0.15) is 0 Å². The van der Waals surface area contributed by atoms with Gasteiger partial charge in [0.2, 0.25) is 0 Å². The molecule has 0 heterocycles. The maximum Gasteiger partial charge on any atom is 0.118 e. The third kappa shape index (κ3) is 2.24. The molecule has 1 aromatic rings. The zero-order valence-electron chi connectivity index (χ0n) is 7.59. The van der Waals surface area contributed by atoms with E-state index in [4.69, 9.17) is 0 Å². The smallest absolute Gasteiger partial charge is 0.118 e. The van der Waals surface area contributed by atoms with E-state index < -0.39 is 0 Å². The van der Waals surface area contributed by atoms with Gasteiger partial charge in [0.15, 0.2) is 0 Å². The van der Waals surface area contributed by atoms with E-state index in [1.807, 2.05) is 26.1 Å². The van der Waals surface area contributed by atoms with Gasteiger partial charge < -0.3 is 10.4 Å². The highest BCUT2D eigenvalue weighted by Crippen LogP contribution is 2.17. The summed E-state index contributed by atoms with van der Waals surface area (Å²) in [5.74, 6) is 0.399. The number of rotatable bonds is 3. The number of nitrogens with one attached hydrogen (secondary N) is 1. The fraction of sp³-hybridized carbons (Fsp3) is 0.400. The van der Waals surface area contributed by atoms with Crippen molar-refractivity contribution in [3.05, 3.63) is 29.3 Å². The Hall–Kier alpha value is -1.02. The quantitative estimate of drug-likeness (QED) is 0.710. The lowest BCUT2D eigenvalue weighted by Crippen LogP contribution is -2.10. The topological polar surface area (TPSA) is 32.3 Å². The molecule has 0 aromatic heterocycles. The van der Waals surface area contributed by atoms with Crippen LogP contribution in [0.1, 0.15) is 11.1 Å². The number of likely N-dealkylation sites (N-methyl/N-ethyl adjacent to an activating group) is 1. The minimum absolute atomic E-state index is 0.399. The predicted molar refractivity (Wildman–Crippen MR) is 50.5 cm³/mol. The normalized spacial score (nSPS) is 10.2. The Morgan fingerprint density at radius 2 is 2.17 bits per heavy atom. The monoisotopic (exact) mass is 165 g/mol. The van der Waals surface area contributed by atoms with Crippen molar-refractivity contribution in [1.82, 2.24) is 5.32 Å². The van der Waals surface area contributed by atoms with Crippen molar-refractivity contribution in [2.45, 2.75) is 13.3 Å². The van der Waals surface area contributed by atoms with E-state index in [2.05, 4.69) is 5.32 Å². The van der Waals surface area contributed by atoms with Gasteiger partial charge in [-0.3, -0.25) is 0 Å². The zero-order chi connectivity index (χ0) is 8.97. The number of benzene rings is 1. The molecule has 0 radical (unpaired) electrons. The highest BCUT2D eigenvalue weighted by Gasteiger charge is 1.99. The summed E-state index contributed by atoms with van der Waals surface area (Å²) in [6, 6.07) is 5.69. The molecule has 12 heavy (non-hydrogen) atoms. The number of hydrogen-bond acceptors (Lipinski definition) is 2. The van der Waals surface area contributed by atoms with Crippen molar-refractivity contribution in [3.63, 3.8) is 0 Å². The van der Waals surface area contributed by atoms with E-state index in [0.29, 0.717) is 5.75 Å². The summed E-state index contributed by atoms with van der Waals surface area (Å²) in [6.45, 7) is 2.93. The SMILES string of the molecule is CNCCc1cc(C)ccc1O. The average molecular weight is 165 g/mol. The minimum atomic E-state index is 0.399. The van der Waals surface area contributed by atoms with Crippen LogP contribution in [0.25, 0.3) is 0 Å². The van der Waals surface area contributed by atoms with Crippen LogP contribution in [0.3, 0.4) is 0 Å². The van der Waals surface area contributed by atoms with Gasteiger partial charge in [-0.05, 0) is 38.6 Å². The number of aromatic hydroxyl groups is 1. The molecule has 1 rings (SSSR count). The Labute approximate surface area is 73.2 Å². The highest BCUT2D eigenvalue weighted by molar-refractivity contribution is 5.35. The molecule has 2 heteroatoms. The van der Waals surface area contributed by atoms with Crippen molar-refractivity contribution >= 4 is 0 Å². The van der Waals surface area contributed by atoms with Crippen LogP contribution in [0, 0.1) is 6.92 Å². The van der Waals surface area contributed by atoms with Crippen LogP contribution >= 0.6 is 0 Å². The number of aryl methyl sites for hydroxylation is 1. The van der Waals surface area contributed by atoms with Crippen molar-refractivity contribution < 1.29 is 5.11 Å². The van der Waals surface area contributed by atoms with Gasteiger partial charge in [0.1, 0.15) is 5.75 Å². The largest absolute Gasteiger partial charge is 0.508 e. The molecule has 1 aromatic carbocycles. The molecular weight excluding hydrogens is 150 g/mol. The van der Waals surface area contributed by atoms with Crippen LogP contribution in [0.15, 0.2) is 18.2 Å². The molecule has 0 aliphatic carbocycles. The first-order valence-corrected chi connectivity index (χ1v) is 4.17. The molecule has 0 atom stereocenters. The Kier molecular flexibility index (Phi) is 3.11. The van der Waals surface area contributed by atoms with Crippen molar-refractivity contribution in [3.8, 4) is 5.75 Å². The Balaban J connectivity index is 2.75. The summed E-state index contributed by atoms with van der Waals surface area (Å²) in [7, 11) is 1.91. The molecule has 0 fully saturated rings. The minimum Gasteiger partial charge on any atom is -0.508 e. The lowest BCUT2D eigenvalue weighted by molar-refractivity contribution is 0.467. The molecule has 0 aliphatic heterocycles. The summed E-state index contributed by atoms with van der Waals surface area (Å²) >= 11 is 0. The summed E-state index contributed by atoms with van der Waals surface area (Å²) in [6.07, 6.45) is 0.879. The van der Waals surface area contributed by atoms with E-state index in [1.54, 1.807) is 6.07 Å². The zero-order valence-corrected chi connectivity index (χ0v) is 7.59. The Morgan fingerprint density at radius 3 is 2.83 bits per heavy atom. The van der Waals surface area contributed by atoms with Gasteiger partial charge in [0.05, 0.1) is 0 Å². The van der Waals surface area contributed by atoms with Gasteiger partial charge in [-0.15, -0.1) is 0 Å². The van der Waals surface area contributed by atoms with Crippen LogP contribution < -0.4 is 5.32 Å². The van der Waals surface area contributed by atoms with Crippen LogP contribution in [0.2, 0.25) is 0 Å². The molecular formula is C10H15NO. The summed E-state index contributed by atoms with van der Waals surface area (Å²) in [4.78, 5) is 0. The van der Waals surface area contributed by atoms with Gasteiger partial charge in [-0.25, -0.2) is 0 Å². The fourth-order valence-corrected chi connectivity index (χ4v) is 1.17. The summed E-state index contributed by atoms with van der Waals surface area (Å²) < 4.78 is 0. The molecule has 0 amide bonds. The number of hydrogen-bond donors (Lipinski definition) is 2. The molecule has 2 nitrogen and oxygen atoms in total. The van der Waals surface area contributed by atoms with E-state index in [9.17, 15) is 5.11 Å². The molecule has 0 saturated carbocycles. The number of phenolic OH excluding ortho intramolecular Hbond substituents is 1. The molecule has 0 aliphatic rings. The molecule has 66 valence electrons. The third-order valence-electron chi connectivity index (χ3n) is 1.88. The maximum absolute atomic E-state index is 9.43. The van der Waals surface area contributed by atoms with E-state index in [0.717, 1.165) is 18.5 Å². The standard InChI is InChI=1S/C10H15NO/c1-8-3-4-10(12)9(7-8)5-6-11-2/h3-4,7,11-12H,5-6H2,1-2H3. The molecule has 2 N–H and O–H groups in total. The van der Waals surface area contributed by atoms with Gasteiger partial charge >= 0.3 is 0 Å². The summed E-state index contributed by atoms with van der Waals surface area (Å²) in [5, 5.41) is 12.5. The lowest BCUT2D eigenvalue weighted by atomic mass is 10.1. The first-order chi connectivity index (χ1) is 5.74. The predicted octanol–water partition coefficient (Wildman–Crippen LogP) is 1.46. The molecule has 0 unspecified atom stereocenters. The third-order valence-corrected chi connectivity index (χ3v) is 1.88. The van der Waals surface area contributed by atoms with Gasteiger partial charge in [0.25, 0.3) is 0 Å². The van der Waals surface area contributed by atoms with Gasteiger partial charge in [0, 0.05) is 0 Å². The van der Waals surface area contributed by atoms with E-state index >= 15 is 0 Å². The number of phenols is 1. The van der Waals surface area contributed by atoms with Crippen molar-refractivity contribution in [2.24, 2.45) is 0 Å². The average Bonchev–Trinajstić information content (AvgIpc) is 2.07. The second-order valence-electron chi connectivity index (χ2n) is 2.99. The molecule has 0 bridgehead atoms. The van der Waals surface area contributed by atoms with Gasteiger partial charge in [-0.1, -0.05) is 17.7 Å². The first kappa shape index (κ1) is 9.07. The first-order valence-electron chi connectivity index (χ1n) is 4.17. The fourth-order valence-electron chi connectivity index (χ4n) is 1.17. The lowest BCUT2D eigenvalue weighted by Gasteiger charge is -2.04. The van der Waals surface area contributed by atoms with E-state index in [-0.39, 0.29) is 0 Å². The van der Waals surface area contributed by atoms with Crippen molar-refractivity contribution in [1.29, 1.82) is 0 Å². The van der Waals surface area contributed by atoms with Crippen LogP contribution in [0.4, 0.5) is 0 Å². The Morgan fingerprint density at radius 1 is 1.42 bits per heavy atom. The second kappa shape index (κ2) is 4.12. The molecule has 0 saturated heterocycles. The van der Waals surface area contributed by atoms with Crippen LogP contribution in [0.5, 0.6) is 5.75 Å². The Bertz CT molecular complexity index is 258. The van der Waals surface area contributed by atoms with Crippen LogP contribution in [-0.4, -0.2) is 18.7 Å².